The van der Waals surface area contributed by atoms with Gasteiger partial charge >= 0.3 is 0 Å². The molecule has 0 saturated heterocycles. The topological polar surface area (TPSA) is 78.5 Å². The molecule has 0 aliphatic rings. The van der Waals surface area contributed by atoms with Crippen molar-refractivity contribution in [2.24, 2.45) is 0 Å². The van der Waals surface area contributed by atoms with E-state index in [0.29, 0.717) is 28.1 Å². The van der Waals surface area contributed by atoms with Gasteiger partial charge in [-0.15, -0.1) is 0 Å². The Hall–Kier alpha value is -5.37. The fourth-order valence-corrected chi connectivity index (χ4v) is 4.75. The zero-order valence-electron chi connectivity index (χ0n) is 21.5. The van der Waals surface area contributed by atoms with Gasteiger partial charge in [0, 0.05) is 48.5 Å². The van der Waals surface area contributed by atoms with E-state index < -0.39 is 11.4 Å². The van der Waals surface area contributed by atoms with Crippen molar-refractivity contribution in [1.82, 2.24) is 19.2 Å². The molecule has 2 aromatic carbocycles. The van der Waals surface area contributed by atoms with Gasteiger partial charge in [0.15, 0.2) is 23.1 Å². The lowest BCUT2D eigenvalue weighted by Crippen LogP contribution is -2.27. The van der Waals surface area contributed by atoms with E-state index in [4.69, 9.17) is 4.74 Å². The lowest BCUT2D eigenvalue weighted by atomic mass is 10.0. The molecule has 0 aliphatic carbocycles. The van der Waals surface area contributed by atoms with Gasteiger partial charge in [0.05, 0.1) is 11.8 Å². The number of pyridine rings is 2. The summed E-state index contributed by atoms with van der Waals surface area (Å²) in [5, 5.41) is 4.33. The Kier molecular flexibility index (Phi) is 6.49. The zero-order valence-corrected chi connectivity index (χ0v) is 21.5. The van der Waals surface area contributed by atoms with Crippen LogP contribution in [-0.4, -0.2) is 24.9 Å². The lowest BCUT2D eigenvalue weighted by Gasteiger charge is -2.12. The van der Waals surface area contributed by atoms with Crippen LogP contribution >= 0.6 is 0 Å². The van der Waals surface area contributed by atoms with E-state index in [9.17, 15) is 9.59 Å². The van der Waals surface area contributed by atoms with Crippen LogP contribution in [0.1, 0.15) is 21.5 Å². The van der Waals surface area contributed by atoms with E-state index in [1.807, 2.05) is 36.4 Å². The molecule has 40 heavy (non-hydrogen) atoms. The number of aromatic nitrogens is 4. The number of ether oxygens (including phenoxy) is 1. The molecule has 6 rings (SSSR count). The first-order valence-electron chi connectivity index (χ1n) is 12.6. The Labute approximate surface area is 228 Å². The smallest absolute Gasteiger partial charge is 0.266 e. The lowest BCUT2D eigenvalue weighted by molar-refractivity contribution is 0.0990. The van der Waals surface area contributed by atoms with E-state index in [2.05, 4.69) is 10.1 Å². The van der Waals surface area contributed by atoms with Crippen LogP contribution in [0.5, 0.6) is 11.5 Å². The van der Waals surface area contributed by atoms with Crippen LogP contribution < -0.4 is 10.3 Å². The van der Waals surface area contributed by atoms with Crippen molar-refractivity contribution in [2.75, 3.05) is 0 Å². The van der Waals surface area contributed by atoms with Crippen molar-refractivity contribution in [3.05, 3.63) is 143 Å². The van der Waals surface area contributed by atoms with E-state index in [1.54, 1.807) is 72.8 Å². The minimum absolute atomic E-state index is 0.00787. The molecule has 0 spiro atoms. The van der Waals surface area contributed by atoms with Crippen LogP contribution in [0.15, 0.2) is 115 Å². The molecule has 6 aromatic rings. The summed E-state index contributed by atoms with van der Waals surface area (Å²) in [5.41, 5.74) is 3.82. The van der Waals surface area contributed by atoms with Gasteiger partial charge < -0.3 is 4.74 Å². The van der Waals surface area contributed by atoms with Crippen LogP contribution in [0.4, 0.5) is 4.39 Å². The first kappa shape index (κ1) is 24.9. The molecule has 8 heteroatoms. The minimum atomic E-state index is -0.622. The van der Waals surface area contributed by atoms with Gasteiger partial charge in [-0.1, -0.05) is 24.3 Å². The van der Waals surface area contributed by atoms with E-state index >= 15 is 4.39 Å². The highest BCUT2D eigenvalue weighted by Gasteiger charge is 2.19. The van der Waals surface area contributed by atoms with Gasteiger partial charge in [-0.2, -0.15) is 5.10 Å². The van der Waals surface area contributed by atoms with Crippen molar-refractivity contribution >= 4 is 11.3 Å². The molecule has 7 nitrogen and oxygen atoms in total. The Morgan fingerprint density at radius 1 is 0.900 bits per heavy atom. The van der Waals surface area contributed by atoms with Crippen LogP contribution in [-0.2, 0) is 6.42 Å². The number of nitrogens with zero attached hydrogens (tertiary/aromatic N) is 4. The molecule has 196 valence electrons. The van der Waals surface area contributed by atoms with Gasteiger partial charge in [-0.3, -0.25) is 19.1 Å². The summed E-state index contributed by atoms with van der Waals surface area (Å²) in [5.74, 6) is -0.569. The largest absolute Gasteiger partial charge is 0.452 e. The van der Waals surface area contributed by atoms with E-state index in [-0.39, 0.29) is 23.5 Å². The van der Waals surface area contributed by atoms with Crippen molar-refractivity contribution < 1.29 is 13.9 Å². The van der Waals surface area contributed by atoms with Gasteiger partial charge in [-0.05, 0) is 72.1 Å². The summed E-state index contributed by atoms with van der Waals surface area (Å²) in [7, 11) is 0. The number of carbonyl (C=O) groups is 1. The number of hydrogen-bond donors (Lipinski definition) is 0. The highest BCUT2D eigenvalue weighted by molar-refractivity contribution is 5.98. The normalized spacial score (nSPS) is 11.1. The van der Waals surface area contributed by atoms with Crippen molar-refractivity contribution in [3.63, 3.8) is 0 Å². The number of para-hydroxylation sites is 1. The average Bonchev–Trinajstić information content (AvgIpc) is 3.41. The van der Waals surface area contributed by atoms with Gasteiger partial charge in [0.25, 0.3) is 5.56 Å². The predicted octanol–water partition coefficient (Wildman–Crippen LogP) is 6.21. The number of carbonyl (C=O) groups excluding carboxylic acids is 1. The van der Waals surface area contributed by atoms with Crippen molar-refractivity contribution in [1.29, 1.82) is 0 Å². The van der Waals surface area contributed by atoms with Crippen LogP contribution in [0.25, 0.3) is 22.3 Å². The molecule has 4 heterocycles. The molecule has 4 aromatic heterocycles. The quantitative estimate of drug-likeness (QED) is 0.229. The number of Topliss-reactive ketones (excluding diaryl/α,β-unsaturated/α-hetero) is 1. The van der Waals surface area contributed by atoms with Crippen molar-refractivity contribution in [3.8, 4) is 28.3 Å². The maximum Gasteiger partial charge on any atom is 0.266 e. The predicted molar refractivity (Wildman–Crippen MR) is 150 cm³/mol. The number of fused-ring (bicyclic) bond motifs is 1. The second-order valence-electron chi connectivity index (χ2n) is 9.31. The van der Waals surface area contributed by atoms with E-state index in [0.717, 1.165) is 11.1 Å². The molecule has 0 aliphatic heterocycles. The number of benzene rings is 2. The number of hydrogen-bond acceptors (Lipinski definition) is 5. The van der Waals surface area contributed by atoms with Gasteiger partial charge in [-0.25, -0.2) is 8.91 Å². The Bertz CT molecular complexity index is 1910. The Morgan fingerprint density at radius 2 is 1.70 bits per heavy atom. The molecule has 0 fully saturated rings. The maximum atomic E-state index is 15.2. The standard InChI is InChI=1S/C32H23FN4O3/c1-21-12-17-36(24-5-3-2-4-6-24)32(39)30(21)27(38)20-22-7-8-28(26(33)19-22)40-29-11-16-35-37-18-13-25(31(29)37)23-9-14-34-15-10-23/h2-19H,20H2,1H3. The van der Waals surface area contributed by atoms with E-state index in [1.165, 1.54) is 16.7 Å². The number of halogens is 1. The van der Waals surface area contributed by atoms with Gasteiger partial charge in [0.2, 0.25) is 0 Å². The molecule has 0 atom stereocenters. The van der Waals surface area contributed by atoms with Gasteiger partial charge in [0.1, 0.15) is 5.52 Å². The number of ketones is 1. The number of aryl methyl sites for hydroxylation is 1. The SMILES string of the molecule is Cc1ccn(-c2ccccc2)c(=O)c1C(=O)Cc1ccc(Oc2ccnn3ccc(-c4ccncc4)c23)c(F)c1. The highest BCUT2D eigenvalue weighted by atomic mass is 19.1. The zero-order chi connectivity index (χ0) is 27.6. The summed E-state index contributed by atoms with van der Waals surface area (Å²) in [6.45, 7) is 1.72. The molecule has 0 saturated carbocycles. The second kappa shape index (κ2) is 10.4. The summed E-state index contributed by atoms with van der Waals surface area (Å²) in [6, 6.07) is 22.5. The van der Waals surface area contributed by atoms with Crippen molar-refractivity contribution in [2.45, 2.75) is 13.3 Å². The summed E-state index contributed by atoms with van der Waals surface area (Å²) >= 11 is 0. The molecule has 0 unspecified atom stereocenters. The Morgan fingerprint density at radius 3 is 2.48 bits per heavy atom. The molecular weight excluding hydrogens is 507 g/mol. The molecule has 0 amide bonds. The number of rotatable bonds is 7. The third-order valence-electron chi connectivity index (χ3n) is 6.70. The maximum absolute atomic E-state index is 15.2. The minimum Gasteiger partial charge on any atom is -0.452 e. The van der Waals surface area contributed by atoms with Crippen LogP contribution in [0.2, 0.25) is 0 Å². The summed E-state index contributed by atoms with van der Waals surface area (Å²) in [4.78, 5) is 30.5. The fraction of sp³-hybridized carbons (Fsp3) is 0.0625. The van der Waals surface area contributed by atoms with Crippen LogP contribution in [0, 0.1) is 12.7 Å². The average molecular weight is 531 g/mol. The summed E-state index contributed by atoms with van der Waals surface area (Å²) < 4.78 is 24.4. The molecule has 0 N–H and O–H groups in total. The third-order valence-corrected chi connectivity index (χ3v) is 6.70. The highest BCUT2D eigenvalue weighted by Crippen LogP contribution is 2.35. The third kappa shape index (κ3) is 4.67. The molecule has 0 radical (unpaired) electrons. The Balaban J connectivity index is 1.27. The second-order valence-corrected chi connectivity index (χ2v) is 9.31. The summed E-state index contributed by atoms with van der Waals surface area (Å²) in [6.07, 6.45) is 8.30. The fourth-order valence-electron chi connectivity index (χ4n) is 4.75. The molecule has 0 bridgehead atoms. The monoisotopic (exact) mass is 530 g/mol. The first-order chi connectivity index (χ1) is 19.5. The van der Waals surface area contributed by atoms with Crippen LogP contribution in [0.3, 0.4) is 0 Å². The molecular formula is C32H23FN4O3. The first-order valence-corrected chi connectivity index (χ1v) is 12.6.